The Balaban J connectivity index is 1.79. The van der Waals surface area contributed by atoms with Gasteiger partial charge in [-0.3, -0.25) is 0 Å². The maximum absolute atomic E-state index is 8.97. The second kappa shape index (κ2) is 6.14. The van der Waals surface area contributed by atoms with Crippen LogP contribution in [0.25, 0.3) is 11.0 Å². The Morgan fingerprint density at radius 3 is 2.56 bits per heavy atom. The van der Waals surface area contributed by atoms with E-state index in [0.29, 0.717) is 18.0 Å². The third-order valence-electron chi connectivity index (χ3n) is 4.34. The zero-order chi connectivity index (χ0) is 17.4. The van der Waals surface area contributed by atoms with Crippen LogP contribution in [0.4, 0.5) is 0 Å². The third kappa shape index (κ3) is 2.91. The molecule has 2 aromatic carbocycles. The van der Waals surface area contributed by atoms with E-state index in [4.69, 9.17) is 19.7 Å². The molecule has 0 aliphatic carbocycles. The minimum atomic E-state index is 0.260. The number of benzene rings is 2. The molecule has 0 spiro atoms. The molecule has 0 fully saturated rings. The fraction of sp³-hybridized carbons (Fsp3) is 0.300. The summed E-state index contributed by atoms with van der Waals surface area (Å²) in [5, 5.41) is 8.97. The molecule has 0 radical (unpaired) electrons. The molecule has 0 saturated heterocycles. The van der Waals surface area contributed by atoms with Gasteiger partial charge in [0.05, 0.1) is 22.7 Å². The van der Waals surface area contributed by atoms with E-state index in [-0.39, 0.29) is 6.79 Å². The van der Waals surface area contributed by atoms with Crippen LogP contribution >= 0.6 is 0 Å². The molecule has 126 valence electrons. The zero-order valence-corrected chi connectivity index (χ0v) is 14.3. The van der Waals surface area contributed by atoms with E-state index < -0.39 is 0 Å². The second-order valence-corrected chi connectivity index (χ2v) is 6.72. The highest BCUT2D eigenvalue weighted by atomic mass is 16.7. The van der Waals surface area contributed by atoms with Crippen molar-refractivity contribution in [1.29, 1.82) is 5.26 Å². The van der Waals surface area contributed by atoms with Crippen molar-refractivity contribution >= 4 is 11.0 Å². The Bertz CT molecular complexity index is 965. The lowest BCUT2D eigenvalue weighted by Gasteiger charge is -2.11. The maximum Gasteiger partial charge on any atom is 0.231 e. The molecule has 5 heteroatoms. The van der Waals surface area contributed by atoms with E-state index in [0.717, 1.165) is 40.3 Å². The van der Waals surface area contributed by atoms with Crippen molar-refractivity contribution in [1.82, 2.24) is 9.55 Å². The molecule has 0 unspecified atom stereocenters. The van der Waals surface area contributed by atoms with Crippen LogP contribution in [-0.4, -0.2) is 16.3 Å². The van der Waals surface area contributed by atoms with Gasteiger partial charge in [-0.2, -0.15) is 5.26 Å². The predicted octanol–water partition coefficient (Wildman–Crippen LogP) is 3.88. The molecule has 0 saturated carbocycles. The van der Waals surface area contributed by atoms with Crippen molar-refractivity contribution < 1.29 is 9.47 Å². The number of nitriles is 1. The smallest absolute Gasteiger partial charge is 0.231 e. The number of rotatable bonds is 4. The largest absolute Gasteiger partial charge is 0.454 e. The van der Waals surface area contributed by atoms with Gasteiger partial charge in [0.15, 0.2) is 11.5 Å². The fourth-order valence-electron chi connectivity index (χ4n) is 3.13. The van der Waals surface area contributed by atoms with Crippen LogP contribution in [0.3, 0.4) is 0 Å². The van der Waals surface area contributed by atoms with Gasteiger partial charge in [0.2, 0.25) is 6.79 Å². The lowest BCUT2D eigenvalue weighted by molar-refractivity contribution is 0.174. The Morgan fingerprint density at radius 2 is 1.88 bits per heavy atom. The van der Waals surface area contributed by atoms with Crippen molar-refractivity contribution in [2.24, 2.45) is 5.92 Å². The first kappa shape index (κ1) is 15.5. The van der Waals surface area contributed by atoms with Gasteiger partial charge in [-0.05, 0) is 23.6 Å². The Morgan fingerprint density at radius 1 is 1.16 bits per heavy atom. The number of aromatic nitrogens is 2. The van der Waals surface area contributed by atoms with Crippen molar-refractivity contribution in [3.63, 3.8) is 0 Å². The summed E-state index contributed by atoms with van der Waals surface area (Å²) in [4.78, 5) is 4.84. The number of nitrogens with zero attached hydrogens (tertiary/aromatic N) is 3. The average molecular weight is 333 g/mol. The maximum atomic E-state index is 8.97. The van der Waals surface area contributed by atoms with Gasteiger partial charge in [0, 0.05) is 25.1 Å². The molecule has 3 aromatic rings. The summed E-state index contributed by atoms with van der Waals surface area (Å²) in [5.41, 5.74) is 3.78. The van der Waals surface area contributed by atoms with Gasteiger partial charge in [-0.1, -0.05) is 26.0 Å². The molecule has 5 nitrogen and oxygen atoms in total. The quantitative estimate of drug-likeness (QED) is 0.727. The minimum Gasteiger partial charge on any atom is -0.454 e. The third-order valence-corrected chi connectivity index (χ3v) is 4.34. The monoisotopic (exact) mass is 333 g/mol. The molecule has 0 amide bonds. The highest BCUT2D eigenvalue weighted by molar-refractivity contribution is 5.81. The standard InChI is InChI=1S/C20H19N3O2/c1-13(2)7-20-22-16-8-18-19(25-12-24-18)9-17(16)23(20)11-15-5-3-14(10-21)4-6-15/h3-6,8-9,13H,7,11-12H2,1-2H3. The predicted molar refractivity (Wildman–Crippen MR) is 94.7 cm³/mol. The highest BCUT2D eigenvalue weighted by Gasteiger charge is 2.19. The van der Waals surface area contributed by atoms with Gasteiger partial charge < -0.3 is 14.0 Å². The number of ether oxygens (including phenoxy) is 2. The Hall–Kier alpha value is -3.00. The molecular formula is C20H19N3O2. The summed E-state index contributed by atoms with van der Waals surface area (Å²) in [6.45, 7) is 5.36. The Labute approximate surface area is 146 Å². The lowest BCUT2D eigenvalue weighted by atomic mass is 10.1. The fourth-order valence-corrected chi connectivity index (χ4v) is 3.13. The molecule has 1 aliphatic heterocycles. The van der Waals surface area contributed by atoms with Crippen LogP contribution in [0.1, 0.15) is 30.8 Å². The van der Waals surface area contributed by atoms with Gasteiger partial charge in [0.1, 0.15) is 5.82 Å². The van der Waals surface area contributed by atoms with E-state index in [1.807, 2.05) is 36.4 Å². The topological polar surface area (TPSA) is 60.1 Å². The summed E-state index contributed by atoms with van der Waals surface area (Å²) in [7, 11) is 0. The summed E-state index contributed by atoms with van der Waals surface area (Å²) >= 11 is 0. The summed E-state index contributed by atoms with van der Waals surface area (Å²) in [6.07, 6.45) is 0.900. The normalized spacial score (nSPS) is 12.7. The number of fused-ring (bicyclic) bond motifs is 2. The first-order valence-electron chi connectivity index (χ1n) is 8.42. The van der Waals surface area contributed by atoms with Crippen molar-refractivity contribution in [2.75, 3.05) is 6.79 Å². The highest BCUT2D eigenvalue weighted by Crippen LogP contribution is 2.36. The van der Waals surface area contributed by atoms with Crippen LogP contribution in [-0.2, 0) is 13.0 Å². The lowest BCUT2D eigenvalue weighted by Crippen LogP contribution is -2.08. The zero-order valence-electron chi connectivity index (χ0n) is 14.3. The van der Waals surface area contributed by atoms with Crippen molar-refractivity contribution in [3.8, 4) is 17.6 Å². The van der Waals surface area contributed by atoms with Crippen LogP contribution < -0.4 is 9.47 Å². The summed E-state index contributed by atoms with van der Waals surface area (Å²) in [5.74, 6) is 3.09. The van der Waals surface area contributed by atoms with E-state index in [9.17, 15) is 0 Å². The molecule has 4 rings (SSSR count). The molecular weight excluding hydrogens is 314 g/mol. The van der Waals surface area contributed by atoms with Gasteiger partial charge >= 0.3 is 0 Å². The molecule has 25 heavy (non-hydrogen) atoms. The van der Waals surface area contributed by atoms with E-state index in [1.54, 1.807) is 0 Å². The Kier molecular flexibility index (Phi) is 3.81. The SMILES string of the molecule is CC(C)Cc1nc2cc3c(cc2n1Cc1ccc(C#N)cc1)OCO3. The average Bonchev–Trinajstić information content (AvgIpc) is 3.17. The van der Waals surface area contributed by atoms with Gasteiger partial charge in [0.25, 0.3) is 0 Å². The van der Waals surface area contributed by atoms with Crippen LogP contribution in [0.15, 0.2) is 36.4 Å². The van der Waals surface area contributed by atoms with Gasteiger partial charge in [-0.25, -0.2) is 4.98 Å². The van der Waals surface area contributed by atoms with Crippen LogP contribution in [0.2, 0.25) is 0 Å². The number of imidazole rings is 1. The molecule has 0 bridgehead atoms. The molecule has 0 N–H and O–H groups in total. The molecule has 0 atom stereocenters. The van der Waals surface area contributed by atoms with Crippen molar-refractivity contribution in [2.45, 2.75) is 26.8 Å². The molecule has 2 heterocycles. The number of hydrogen-bond donors (Lipinski definition) is 0. The van der Waals surface area contributed by atoms with Crippen LogP contribution in [0.5, 0.6) is 11.5 Å². The number of hydrogen-bond acceptors (Lipinski definition) is 4. The summed E-state index contributed by atoms with van der Waals surface area (Å²) in [6, 6.07) is 13.8. The second-order valence-electron chi connectivity index (χ2n) is 6.72. The van der Waals surface area contributed by atoms with E-state index >= 15 is 0 Å². The molecule has 1 aliphatic rings. The van der Waals surface area contributed by atoms with Gasteiger partial charge in [-0.15, -0.1) is 0 Å². The van der Waals surface area contributed by atoms with Crippen molar-refractivity contribution in [3.05, 3.63) is 53.3 Å². The summed E-state index contributed by atoms with van der Waals surface area (Å²) < 4.78 is 13.2. The minimum absolute atomic E-state index is 0.260. The van der Waals surface area contributed by atoms with E-state index in [1.165, 1.54) is 0 Å². The van der Waals surface area contributed by atoms with Crippen LogP contribution in [0, 0.1) is 17.2 Å². The first-order chi connectivity index (χ1) is 12.1. The van der Waals surface area contributed by atoms with E-state index in [2.05, 4.69) is 24.5 Å². The first-order valence-corrected chi connectivity index (χ1v) is 8.42. The molecule has 1 aromatic heterocycles.